The molecule has 4 nitrogen and oxygen atoms in total. The Kier molecular flexibility index (Phi) is 5.18. The third kappa shape index (κ3) is 3.87. The number of amides is 1. The molecule has 1 aliphatic heterocycles. The molecule has 0 spiro atoms. The minimum Gasteiger partial charge on any atom is -0.349 e. The van der Waals surface area contributed by atoms with E-state index in [0.717, 1.165) is 48.4 Å². The van der Waals surface area contributed by atoms with Gasteiger partial charge in [-0.3, -0.25) is 14.7 Å². The molecule has 0 saturated carbocycles. The molecule has 0 unspecified atom stereocenters. The third-order valence-electron chi connectivity index (χ3n) is 5.14. The number of aromatic nitrogens is 1. The van der Waals surface area contributed by atoms with E-state index in [9.17, 15) is 9.18 Å². The number of thiophene rings is 1. The first-order chi connectivity index (χ1) is 13.1. The minimum atomic E-state index is -0.261. The Morgan fingerprint density at radius 3 is 2.78 bits per heavy atom. The zero-order chi connectivity index (χ0) is 18.8. The fourth-order valence-electron chi connectivity index (χ4n) is 3.68. The number of nitrogens with one attached hydrogen (secondary N) is 1. The Balaban J connectivity index is 1.37. The molecule has 27 heavy (non-hydrogen) atoms. The van der Waals surface area contributed by atoms with Gasteiger partial charge in [0.15, 0.2) is 0 Å². The second-order valence-electron chi connectivity index (χ2n) is 7.01. The van der Waals surface area contributed by atoms with Gasteiger partial charge in [-0.05, 0) is 49.6 Å². The number of carbonyl (C=O) groups excluding carboxylic acids is 1. The van der Waals surface area contributed by atoms with Crippen LogP contribution in [0.25, 0.3) is 10.1 Å². The van der Waals surface area contributed by atoms with Crippen molar-refractivity contribution in [3.8, 4) is 0 Å². The van der Waals surface area contributed by atoms with Crippen molar-refractivity contribution in [1.29, 1.82) is 0 Å². The number of hydrogen-bond acceptors (Lipinski definition) is 4. The molecule has 1 aromatic carbocycles. The van der Waals surface area contributed by atoms with E-state index in [1.165, 1.54) is 17.4 Å². The molecule has 2 aromatic heterocycles. The summed E-state index contributed by atoms with van der Waals surface area (Å²) in [6, 6.07) is 11.1. The summed E-state index contributed by atoms with van der Waals surface area (Å²) in [4.78, 5) is 20.1. The first-order valence-corrected chi connectivity index (χ1v) is 10.0. The highest BCUT2D eigenvalue weighted by atomic mass is 32.1. The summed E-state index contributed by atoms with van der Waals surface area (Å²) >= 11 is 1.37. The molecule has 6 heteroatoms. The summed E-state index contributed by atoms with van der Waals surface area (Å²) in [6.45, 7) is 4.53. The topological polar surface area (TPSA) is 45.2 Å². The lowest BCUT2D eigenvalue weighted by atomic mass is 10.0. The molecule has 0 atom stereocenters. The van der Waals surface area contributed by atoms with Crippen molar-refractivity contribution >= 4 is 27.3 Å². The van der Waals surface area contributed by atoms with Crippen LogP contribution < -0.4 is 5.32 Å². The summed E-state index contributed by atoms with van der Waals surface area (Å²) in [5.41, 5.74) is 1.81. The molecule has 1 aliphatic rings. The van der Waals surface area contributed by atoms with Crippen LogP contribution in [0.15, 0.2) is 42.6 Å². The maximum Gasteiger partial charge on any atom is 0.261 e. The fourth-order valence-corrected chi connectivity index (χ4v) is 4.80. The number of fused-ring (bicyclic) bond motifs is 1. The molecular weight excluding hydrogens is 361 g/mol. The van der Waals surface area contributed by atoms with Gasteiger partial charge in [0.05, 0.1) is 10.6 Å². The van der Waals surface area contributed by atoms with Crippen molar-refractivity contribution in [3.05, 3.63) is 64.5 Å². The van der Waals surface area contributed by atoms with Gasteiger partial charge in [0.1, 0.15) is 5.82 Å². The van der Waals surface area contributed by atoms with Crippen LogP contribution in [0.4, 0.5) is 4.39 Å². The van der Waals surface area contributed by atoms with Crippen LogP contribution in [0.2, 0.25) is 0 Å². The van der Waals surface area contributed by atoms with Gasteiger partial charge in [0.25, 0.3) is 5.91 Å². The van der Waals surface area contributed by atoms with E-state index in [2.05, 4.69) is 15.2 Å². The first-order valence-electron chi connectivity index (χ1n) is 9.22. The molecule has 0 radical (unpaired) electrons. The molecule has 3 heterocycles. The summed E-state index contributed by atoms with van der Waals surface area (Å²) in [5, 5.41) is 3.71. The Hall–Kier alpha value is -2.31. The number of rotatable bonds is 4. The minimum absolute atomic E-state index is 0.0868. The number of aryl methyl sites for hydroxylation is 1. The van der Waals surface area contributed by atoms with E-state index in [0.29, 0.717) is 10.3 Å². The lowest BCUT2D eigenvalue weighted by Gasteiger charge is -2.32. The molecule has 0 aliphatic carbocycles. The van der Waals surface area contributed by atoms with Crippen LogP contribution in [0.3, 0.4) is 0 Å². The number of pyridine rings is 1. The maximum atomic E-state index is 14.1. The summed E-state index contributed by atoms with van der Waals surface area (Å²) < 4.78 is 14.9. The van der Waals surface area contributed by atoms with Crippen LogP contribution in [0.1, 0.15) is 33.8 Å². The van der Waals surface area contributed by atoms with Gasteiger partial charge in [-0.1, -0.05) is 12.1 Å². The molecular formula is C21H22FN3OS. The predicted molar refractivity (Wildman–Crippen MR) is 107 cm³/mol. The standard InChI is InChI=1S/C21H22FN3OS/c1-14-19-17(22)6-4-7-18(19)27-20(14)21(26)24-15-8-11-25(12-9-15)13-16-5-2-3-10-23-16/h2-7,10,15H,8-9,11-13H2,1H3,(H,24,26). The Labute approximate surface area is 162 Å². The largest absolute Gasteiger partial charge is 0.349 e. The SMILES string of the molecule is Cc1c(C(=O)NC2CCN(Cc3ccccn3)CC2)sc2cccc(F)c12. The molecule has 1 fully saturated rings. The molecule has 3 aromatic rings. The number of piperidine rings is 1. The number of hydrogen-bond donors (Lipinski definition) is 1. The highest BCUT2D eigenvalue weighted by Crippen LogP contribution is 2.32. The molecule has 0 bridgehead atoms. The molecule has 1 saturated heterocycles. The normalized spacial score (nSPS) is 15.9. The van der Waals surface area contributed by atoms with Crippen molar-refractivity contribution in [2.75, 3.05) is 13.1 Å². The second-order valence-corrected chi connectivity index (χ2v) is 8.07. The summed E-state index contributed by atoms with van der Waals surface area (Å²) in [5.74, 6) is -0.348. The number of benzene rings is 1. The lowest BCUT2D eigenvalue weighted by Crippen LogP contribution is -2.44. The molecule has 4 rings (SSSR count). The Morgan fingerprint density at radius 2 is 2.07 bits per heavy atom. The van der Waals surface area contributed by atoms with Crippen molar-refractivity contribution in [1.82, 2.24) is 15.2 Å². The van der Waals surface area contributed by atoms with Crippen LogP contribution in [0, 0.1) is 12.7 Å². The van der Waals surface area contributed by atoms with Gasteiger partial charge in [-0.2, -0.15) is 0 Å². The third-order valence-corrected chi connectivity index (χ3v) is 6.40. The molecule has 1 N–H and O–H groups in total. The van der Waals surface area contributed by atoms with Crippen molar-refractivity contribution in [2.45, 2.75) is 32.4 Å². The monoisotopic (exact) mass is 383 g/mol. The van der Waals surface area contributed by atoms with Gasteiger partial charge in [0.2, 0.25) is 0 Å². The van der Waals surface area contributed by atoms with Crippen LogP contribution in [0.5, 0.6) is 0 Å². The first kappa shape index (κ1) is 18.1. The maximum absolute atomic E-state index is 14.1. The zero-order valence-corrected chi connectivity index (χ0v) is 16.1. The summed E-state index contributed by atoms with van der Waals surface area (Å²) in [7, 11) is 0. The predicted octanol–water partition coefficient (Wildman–Crippen LogP) is 4.14. The van der Waals surface area contributed by atoms with E-state index < -0.39 is 0 Å². The van der Waals surface area contributed by atoms with Crippen LogP contribution in [-0.2, 0) is 6.54 Å². The van der Waals surface area contributed by atoms with E-state index in [1.54, 1.807) is 6.07 Å². The van der Waals surface area contributed by atoms with Gasteiger partial charge < -0.3 is 5.32 Å². The van der Waals surface area contributed by atoms with Crippen molar-refractivity contribution < 1.29 is 9.18 Å². The second kappa shape index (κ2) is 7.74. The fraction of sp³-hybridized carbons (Fsp3) is 0.333. The summed E-state index contributed by atoms with van der Waals surface area (Å²) in [6.07, 6.45) is 3.65. The van der Waals surface area contributed by atoms with E-state index >= 15 is 0 Å². The number of halogens is 1. The Morgan fingerprint density at radius 1 is 1.26 bits per heavy atom. The lowest BCUT2D eigenvalue weighted by molar-refractivity contribution is 0.0912. The van der Waals surface area contributed by atoms with Crippen LogP contribution in [-0.4, -0.2) is 34.9 Å². The highest BCUT2D eigenvalue weighted by Gasteiger charge is 2.24. The quantitative estimate of drug-likeness (QED) is 0.737. The van der Waals surface area contributed by atoms with Crippen LogP contribution >= 0.6 is 11.3 Å². The average molecular weight is 383 g/mol. The average Bonchev–Trinajstić information content (AvgIpc) is 3.02. The Bertz CT molecular complexity index is 949. The van der Waals surface area contributed by atoms with Crippen molar-refractivity contribution in [2.24, 2.45) is 0 Å². The van der Waals surface area contributed by atoms with E-state index in [-0.39, 0.29) is 17.8 Å². The van der Waals surface area contributed by atoms with Gasteiger partial charge in [-0.25, -0.2) is 4.39 Å². The highest BCUT2D eigenvalue weighted by molar-refractivity contribution is 7.21. The smallest absolute Gasteiger partial charge is 0.261 e. The van der Waals surface area contributed by atoms with Gasteiger partial charge in [-0.15, -0.1) is 11.3 Å². The van der Waals surface area contributed by atoms with E-state index in [4.69, 9.17) is 0 Å². The number of likely N-dealkylation sites (tertiary alicyclic amines) is 1. The molecule has 140 valence electrons. The zero-order valence-electron chi connectivity index (χ0n) is 15.2. The molecule has 1 amide bonds. The number of nitrogens with zero attached hydrogens (tertiary/aromatic N) is 2. The van der Waals surface area contributed by atoms with Crippen molar-refractivity contribution in [3.63, 3.8) is 0 Å². The number of carbonyl (C=O) groups is 1. The van der Waals surface area contributed by atoms with Gasteiger partial charge >= 0.3 is 0 Å². The van der Waals surface area contributed by atoms with Gasteiger partial charge in [0, 0.05) is 42.0 Å². The van der Waals surface area contributed by atoms with E-state index in [1.807, 2.05) is 37.4 Å².